The SMILES string of the molecule is O=C(NC1CCS(=O)(=O)C1)c1ccc2c(C3CCCCC3)c(-c3ccccc3)n(CC(=O)N3CCOCC3)c2c1. The van der Waals surface area contributed by atoms with E-state index in [1.165, 1.54) is 24.8 Å². The zero-order valence-electron chi connectivity index (χ0n) is 22.8. The first-order valence-electron chi connectivity index (χ1n) is 14.5. The van der Waals surface area contributed by atoms with Gasteiger partial charge in [-0.25, -0.2) is 8.42 Å². The average Bonchev–Trinajstić information content (AvgIpc) is 3.49. The Hall–Kier alpha value is -3.17. The van der Waals surface area contributed by atoms with Gasteiger partial charge in [-0.15, -0.1) is 0 Å². The van der Waals surface area contributed by atoms with Crippen molar-refractivity contribution >= 4 is 32.6 Å². The second kappa shape index (κ2) is 11.4. The van der Waals surface area contributed by atoms with E-state index in [0.717, 1.165) is 35.0 Å². The summed E-state index contributed by atoms with van der Waals surface area (Å²) >= 11 is 0. The van der Waals surface area contributed by atoms with Gasteiger partial charge in [0.1, 0.15) is 6.54 Å². The minimum atomic E-state index is -3.10. The lowest BCUT2D eigenvalue weighted by Gasteiger charge is -2.28. The predicted octanol–water partition coefficient (Wildman–Crippen LogP) is 4.13. The van der Waals surface area contributed by atoms with E-state index < -0.39 is 9.84 Å². The smallest absolute Gasteiger partial charge is 0.251 e. The Balaban J connectivity index is 1.46. The van der Waals surface area contributed by atoms with Crippen LogP contribution in [-0.2, 0) is 25.9 Å². The Morgan fingerprint density at radius 3 is 2.40 bits per heavy atom. The van der Waals surface area contributed by atoms with Gasteiger partial charge in [0.15, 0.2) is 9.84 Å². The molecule has 1 saturated carbocycles. The molecule has 3 aliphatic rings. The number of carbonyl (C=O) groups is 2. The molecule has 1 aromatic heterocycles. The summed E-state index contributed by atoms with van der Waals surface area (Å²) in [5.74, 6) is 0.231. The Kier molecular flexibility index (Phi) is 7.68. The molecule has 3 fully saturated rings. The average molecular weight is 564 g/mol. The van der Waals surface area contributed by atoms with Crippen LogP contribution in [0.25, 0.3) is 22.2 Å². The van der Waals surface area contributed by atoms with Crippen LogP contribution < -0.4 is 5.32 Å². The number of hydrogen-bond acceptors (Lipinski definition) is 5. The van der Waals surface area contributed by atoms with Crippen LogP contribution in [0.2, 0.25) is 0 Å². The van der Waals surface area contributed by atoms with Crippen molar-refractivity contribution in [2.45, 2.75) is 57.0 Å². The molecule has 0 spiro atoms. The molecule has 1 atom stereocenters. The van der Waals surface area contributed by atoms with E-state index in [4.69, 9.17) is 4.74 Å². The van der Waals surface area contributed by atoms with Crippen LogP contribution in [0, 0.1) is 0 Å². The normalized spacial score (nSPS) is 21.5. The Morgan fingerprint density at radius 2 is 1.70 bits per heavy atom. The molecule has 1 aliphatic carbocycles. The second-order valence-electron chi connectivity index (χ2n) is 11.3. The third-order valence-electron chi connectivity index (χ3n) is 8.65. The van der Waals surface area contributed by atoms with E-state index in [1.807, 2.05) is 41.3 Å². The second-order valence-corrected chi connectivity index (χ2v) is 13.6. The van der Waals surface area contributed by atoms with Gasteiger partial charge in [0.25, 0.3) is 5.91 Å². The molecule has 3 aromatic rings. The van der Waals surface area contributed by atoms with Crippen LogP contribution in [0.3, 0.4) is 0 Å². The van der Waals surface area contributed by atoms with Crippen LogP contribution in [0.4, 0.5) is 0 Å². The number of nitrogens with zero attached hydrogens (tertiary/aromatic N) is 2. The highest BCUT2D eigenvalue weighted by Gasteiger charge is 2.31. The number of aromatic nitrogens is 1. The van der Waals surface area contributed by atoms with Crippen molar-refractivity contribution in [1.29, 1.82) is 0 Å². The maximum Gasteiger partial charge on any atom is 0.251 e. The monoisotopic (exact) mass is 563 g/mol. The van der Waals surface area contributed by atoms with Crippen molar-refractivity contribution < 1.29 is 22.7 Å². The molecule has 1 N–H and O–H groups in total. The third-order valence-corrected chi connectivity index (χ3v) is 10.4. The number of hydrogen-bond donors (Lipinski definition) is 1. The van der Waals surface area contributed by atoms with E-state index in [-0.39, 0.29) is 35.9 Å². The van der Waals surface area contributed by atoms with Gasteiger partial charge in [-0.2, -0.15) is 0 Å². The molecule has 2 amide bonds. The molecule has 0 radical (unpaired) electrons. The Bertz CT molecular complexity index is 1500. The number of ether oxygens (including phenoxy) is 1. The van der Waals surface area contributed by atoms with Crippen LogP contribution in [0.1, 0.15) is 60.4 Å². The van der Waals surface area contributed by atoms with E-state index in [1.54, 1.807) is 0 Å². The molecule has 2 aromatic carbocycles. The molecule has 212 valence electrons. The van der Waals surface area contributed by atoms with Gasteiger partial charge in [-0.1, -0.05) is 55.7 Å². The highest BCUT2D eigenvalue weighted by Crippen LogP contribution is 2.44. The molecule has 9 heteroatoms. The van der Waals surface area contributed by atoms with Crippen LogP contribution in [-0.4, -0.2) is 73.5 Å². The number of morpholine rings is 1. The molecular weight excluding hydrogens is 526 g/mol. The van der Waals surface area contributed by atoms with E-state index >= 15 is 0 Å². The standard InChI is InChI=1S/C31H37N3O5S/c35-28(33-14-16-39-17-15-33)20-34-27-19-24(31(36)32-25-13-18-40(37,38)21-25)11-12-26(27)29(22-7-3-1-4-8-22)30(34)23-9-5-2-6-10-23/h2,5-6,9-12,19,22,25H,1,3-4,7-8,13-18,20-21H2,(H,32,36). The molecule has 2 saturated heterocycles. The van der Waals surface area contributed by atoms with Gasteiger partial charge in [-0.3, -0.25) is 9.59 Å². The number of benzene rings is 2. The molecule has 0 bridgehead atoms. The number of carbonyl (C=O) groups excluding carboxylic acids is 2. The molecule has 3 heterocycles. The number of fused-ring (bicyclic) bond motifs is 1. The maximum atomic E-state index is 13.6. The van der Waals surface area contributed by atoms with Gasteiger partial charge < -0.3 is 19.5 Å². The minimum absolute atomic E-state index is 0.0185. The molecular formula is C31H37N3O5S. The highest BCUT2D eigenvalue weighted by molar-refractivity contribution is 7.91. The zero-order chi connectivity index (χ0) is 27.7. The van der Waals surface area contributed by atoms with Crippen molar-refractivity contribution in [1.82, 2.24) is 14.8 Å². The first kappa shape index (κ1) is 27.0. The lowest BCUT2D eigenvalue weighted by molar-refractivity contribution is -0.135. The van der Waals surface area contributed by atoms with Crippen LogP contribution in [0.5, 0.6) is 0 Å². The molecule has 2 aliphatic heterocycles. The maximum absolute atomic E-state index is 13.6. The molecule has 8 nitrogen and oxygen atoms in total. The van der Waals surface area contributed by atoms with Gasteiger partial charge >= 0.3 is 0 Å². The van der Waals surface area contributed by atoms with Crippen LogP contribution >= 0.6 is 0 Å². The number of sulfone groups is 1. The summed E-state index contributed by atoms with van der Waals surface area (Å²) in [5, 5.41) is 4.01. The third kappa shape index (κ3) is 5.54. The van der Waals surface area contributed by atoms with Gasteiger partial charge in [0, 0.05) is 30.1 Å². The lowest BCUT2D eigenvalue weighted by atomic mass is 9.82. The minimum Gasteiger partial charge on any atom is -0.378 e. The van der Waals surface area contributed by atoms with Crippen molar-refractivity contribution in [3.63, 3.8) is 0 Å². The molecule has 1 unspecified atom stereocenters. The molecule has 40 heavy (non-hydrogen) atoms. The largest absolute Gasteiger partial charge is 0.378 e. The summed E-state index contributed by atoms with van der Waals surface area (Å²) in [6.07, 6.45) is 6.26. The van der Waals surface area contributed by atoms with Crippen LogP contribution in [0.15, 0.2) is 48.5 Å². The fourth-order valence-electron chi connectivity index (χ4n) is 6.62. The fourth-order valence-corrected chi connectivity index (χ4v) is 8.29. The first-order chi connectivity index (χ1) is 19.4. The number of rotatable bonds is 6. The van der Waals surface area contributed by atoms with E-state index in [0.29, 0.717) is 44.2 Å². The summed E-state index contributed by atoms with van der Waals surface area (Å²) in [6, 6.07) is 15.6. The Labute approximate surface area is 235 Å². The van der Waals surface area contributed by atoms with Crippen molar-refractivity contribution in [2.75, 3.05) is 37.8 Å². The van der Waals surface area contributed by atoms with E-state index in [9.17, 15) is 18.0 Å². The summed E-state index contributed by atoms with van der Waals surface area (Å²) < 4.78 is 31.5. The Morgan fingerprint density at radius 1 is 0.950 bits per heavy atom. The van der Waals surface area contributed by atoms with Crippen molar-refractivity contribution in [3.05, 3.63) is 59.7 Å². The van der Waals surface area contributed by atoms with E-state index in [2.05, 4.69) is 22.0 Å². The quantitative estimate of drug-likeness (QED) is 0.486. The highest BCUT2D eigenvalue weighted by atomic mass is 32.2. The van der Waals surface area contributed by atoms with Gasteiger partial charge in [0.05, 0.1) is 35.9 Å². The molecule has 6 rings (SSSR count). The number of nitrogens with one attached hydrogen (secondary N) is 1. The zero-order valence-corrected chi connectivity index (χ0v) is 23.6. The van der Waals surface area contributed by atoms with Gasteiger partial charge in [0.2, 0.25) is 5.91 Å². The lowest BCUT2D eigenvalue weighted by Crippen LogP contribution is -2.42. The van der Waals surface area contributed by atoms with Crippen molar-refractivity contribution in [3.8, 4) is 11.3 Å². The summed E-state index contributed by atoms with van der Waals surface area (Å²) in [7, 11) is -3.10. The topological polar surface area (TPSA) is 97.7 Å². The van der Waals surface area contributed by atoms with Crippen molar-refractivity contribution in [2.24, 2.45) is 0 Å². The summed E-state index contributed by atoms with van der Waals surface area (Å²) in [5.41, 5.74) is 4.74. The summed E-state index contributed by atoms with van der Waals surface area (Å²) in [4.78, 5) is 28.8. The fraction of sp³-hybridized carbons (Fsp3) is 0.484. The van der Waals surface area contributed by atoms with Gasteiger partial charge in [-0.05, 0) is 48.4 Å². The summed E-state index contributed by atoms with van der Waals surface area (Å²) in [6.45, 7) is 2.41. The predicted molar refractivity (Wildman–Crippen MR) is 155 cm³/mol. The number of amides is 2. The first-order valence-corrected chi connectivity index (χ1v) is 16.3.